The van der Waals surface area contributed by atoms with E-state index in [0.29, 0.717) is 6.04 Å². The van der Waals surface area contributed by atoms with Crippen LogP contribution in [0.1, 0.15) is 72.1 Å². The molecule has 0 aromatic heterocycles. The highest BCUT2D eigenvalue weighted by Gasteiger charge is 2.28. The molecule has 20 heavy (non-hydrogen) atoms. The molecule has 0 radical (unpaired) electrons. The van der Waals surface area contributed by atoms with Gasteiger partial charge in [0.05, 0.1) is 0 Å². The quantitative estimate of drug-likeness (QED) is 0.789. The summed E-state index contributed by atoms with van der Waals surface area (Å²) in [5.41, 5.74) is 0. The van der Waals surface area contributed by atoms with Crippen molar-refractivity contribution in [2.24, 2.45) is 11.8 Å². The van der Waals surface area contributed by atoms with E-state index in [0.717, 1.165) is 17.9 Å². The van der Waals surface area contributed by atoms with Crippen LogP contribution in [0.5, 0.6) is 0 Å². The van der Waals surface area contributed by atoms with E-state index in [1.54, 1.807) is 0 Å². The normalized spacial score (nSPS) is 29.2. The molecule has 3 unspecified atom stereocenters. The summed E-state index contributed by atoms with van der Waals surface area (Å²) in [5.74, 6) is 1.81. The minimum absolute atomic E-state index is 0.691. The molecule has 0 amide bonds. The molecule has 1 saturated heterocycles. The van der Waals surface area contributed by atoms with Crippen molar-refractivity contribution in [2.45, 2.75) is 84.2 Å². The van der Waals surface area contributed by atoms with Crippen molar-refractivity contribution in [3.05, 3.63) is 0 Å². The highest BCUT2D eigenvalue weighted by atomic mass is 15.1. The van der Waals surface area contributed by atoms with Crippen LogP contribution in [0, 0.1) is 11.8 Å². The van der Waals surface area contributed by atoms with Crippen molar-refractivity contribution in [1.82, 2.24) is 10.2 Å². The topological polar surface area (TPSA) is 15.3 Å². The molecule has 2 heteroatoms. The summed E-state index contributed by atoms with van der Waals surface area (Å²) >= 11 is 0. The highest BCUT2D eigenvalue weighted by molar-refractivity contribution is 4.85. The Balaban J connectivity index is 1.82. The van der Waals surface area contributed by atoms with Crippen molar-refractivity contribution < 1.29 is 0 Å². The molecule has 3 atom stereocenters. The molecule has 2 aliphatic rings. The molecule has 2 fully saturated rings. The van der Waals surface area contributed by atoms with Gasteiger partial charge >= 0.3 is 0 Å². The summed E-state index contributed by atoms with van der Waals surface area (Å²) in [6, 6.07) is 1.46. The first-order valence-corrected chi connectivity index (χ1v) is 9.23. The molecule has 1 heterocycles. The van der Waals surface area contributed by atoms with Crippen molar-refractivity contribution in [1.29, 1.82) is 0 Å². The van der Waals surface area contributed by atoms with Gasteiger partial charge in [0.25, 0.3) is 0 Å². The van der Waals surface area contributed by atoms with Crippen molar-refractivity contribution in [3.8, 4) is 0 Å². The smallest absolute Gasteiger partial charge is 0.00953 e. The SMILES string of the molecule is CCC(NC(C)C1CCCN(CC)C1)C1CCCCC1. The summed E-state index contributed by atoms with van der Waals surface area (Å²) < 4.78 is 0. The fourth-order valence-electron chi connectivity index (χ4n) is 4.38. The third-order valence-corrected chi connectivity index (χ3v) is 5.83. The van der Waals surface area contributed by atoms with Gasteiger partial charge < -0.3 is 10.2 Å². The van der Waals surface area contributed by atoms with Gasteiger partial charge in [-0.2, -0.15) is 0 Å². The van der Waals surface area contributed by atoms with E-state index in [1.807, 2.05) is 0 Å². The van der Waals surface area contributed by atoms with E-state index in [-0.39, 0.29) is 0 Å². The number of rotatable bonds is 6. The number of hydrogen-bond acceptors (Lipinski definition) is 2. The molecule has 2 rings (SSSR count). The van der Waals surface area contributed by atoms with E-state index >= 15 is 0 Å². The Hall–Kier alpha value is -0.0800. The van der Waals surface area contributed by atoms with Gasteiger partial charge in [0.1, 0.15) is 0 Å². The van der Waals surface area contributed by atoms with Crippen molar-refractivity contribution >= 4 is 0 Å². The standard InChI is InChI=1S/C18H36N2/c1-4-18(16-10-7-6-8-11-16)19-15(3)17-12-9-13-20(5-2)14-17/h15-19H,4-14H2,1-3H3. The van der Waals surface area contributed by atoms with Crippen LogP contribution in [0.2, 0.25) is 0 Å². The lowest BCUT2D eigenvalue weighted by atomic mass is 9.81. The maximum Gasteiger partial charge on any atom is 0.00953 e. The van der Waals surface area contributed by atoms with E-state index in [4.69, 9.17) is 0 Å². The summed E-state index contributed by atoms with van der Waals surface area (Å²) in [6.07, 6.45) is 11.4. The van der Waals surface area contributed by atoms with Gasteiger partial charge in [-0.1, -0.05) is 33.1 Å². The average molecular weight is 280 g/mol. The predicted molar refractivity (Wildman–Crippen MR) is 88.1 cm³/mol. The zero-order valence-electron chi connectivity index (χ0n) is 14.0. The number of hydrogen-bond donors (Lipinski definition) is 1. The van der Waals surface area contributed by atoms with Crippen LogP contribution in [0.15, 0.2) is 0 Å². The lowest BCUT2D eigenvalue weighted by Gasteiger charge is -2.39. The van der Waals surface area contributed by atoms with Gasteiger partial charge in [-0.3, -0.25) is 0 Å². The van der Waals surface area contributed by atoms with Crippen molar-refractivity contribution in [2.75, 3.05) is 19.6 Å². The first-order valence-electron chi connectivity index (χ1n) is 9.23. The Morgan fingerprint density at radius 3 is 2.35 bits per heavy atom. The van der Waals surface area contributed by atoms with Crippen LogP contribution in [0.3, 0.4) is 0 Å². The minimum atomic E-state index is 0.691. The molecule has 0 aromatic rings. The number of nitrogens with zero attached hydrogens (tertiary/aromatic N) is 1. The van der Waals surface area contributed by atoms with Gasteiger partial charge in [0, 0.05) is 18.6 Å². The minimum Gasteiger partial charge on any atom is -0.311 e. The number of likely N-dealkylation sites (tertiary alicyclic amines) is 1. The van der Waals surface area contributed by atoms with Crippen LogP contribution in [-0.4, -0.2) is 36.6 Å². The molecule has 1 aliphatic carbocycles. The van der Waals surface area contributed by atoms with E-state index in [1.165, 1.54) is 71.0 Å². The van der Waals surface area contributed by atoms with Crippen LogP contribution < -0.4 is 5.32 Å². The number of piperidine rings is 1. The Morgan fingerprint density at radius 2 is 1.70 bits per heavy atom. The van der Waals surface area contributed by atoms with Gasteiger partial charge in [0.2, 0.25) is 0 Å². The van der Waals surface area contributed by atoms with Crippen LogP contribution >= 0.6 is 0 Å². The molecule has 1 aliphatic heterocycles. The third-order valence-electron chi connectivity index (χ3n) is 5.83. The zero-order chi connectivity index (χ0) is 14.4. The van der Waals surface area contributed by atoms with Crippen LogP contribution in [-0.2, 0) is 0 Å². The second-order valence-electron chi connectivity index (χ2n) is 7.16. The number of nitrogens with one attached hydrogen (secondary N) is 1. The Morgan fingerprint density at radius 1 is 1.00 bits per heavy atom. The van der Waals surface area contributed by atoms with E-state index in [2.05, 4.69) is 31.0 Å². The Bertz CT molecular complexity index is 260. The van der Waals surface area contributed by atoms with Gasteiger partial charge in [-0.25, -0.2) is 0 Å². The molecule has 118 valence electrons. The summed E-state index contributed by atoms with van der Waals surface area (Å²) in [7, 11) is 0. The molecular formula is C18H36N2. The van der Waals surface area contributed by atoms with Crippen LogP contribution in [0.4, 0.5) is 0 Å². The first kappa shape index (κ1) is 16.3. The molecule has 0 aromatic carbocycles. The average Bonchev–Trinajstić information content (AvgIpc) is 2.53. The molecular weight excluding hydrogens is 244 g/mol. The molecule has 1 saturated carbocycles. The Labute approximate surface area is 126 Å². The lowest BCUT2D eigenvalue weighted by Crippen LogP contribution is -2.49. The largest absolute Gasteiger partial charge is 0.311 e. The summed E-state index contributed by atoms with van der Waals surface area (Å²) in [6.45, 7) is 11.0. The monoisotopic (exact) mass is 280 g/mol. The van der Waals surface area contributed by atoms with Crippen LogP contribution in [0.25, 0.3) is 0 Å². The highest BCUT2D eigenvalue weighted by Crippen LogP contribution is 2.29. The maximum atomic E-state index is 4.02. The second-order valence-corrected chi connectivity index (χ2v) is 7.16. The lowest BCUT2D eigenvalue weighted by molar-refractivity contribution is 0.141. The first-order chi connectivity index (χ1) is 9.74. The molecule has 0 spiro atoms. The Kier molecular flexibility index (Phi) is 6.83. The summed E-state index contributed by atoms with van der Waals surface area (Å²) in [5, 5.41) is 4.02. The zero-order valence-corrected chi connectivity index (χ0v) is 14.0. The third kappa shape index (κ3) is 4.46. The fourth-order valence-corrected chi connectivity index (χ4v) is 4.38. The molecule has 2 nitrogen and oxygen atoms in total. The van der Waals surface area contributed by atoms with Gasteiger partial charge in [-0.15, -0.1) is 0 Å². The predicted octanol–water partition coefficient (Wildman–Crippen LogP) is 4.06. The van der Waals surface area contributed by atoms with E-state index in [9.17, 15) is 0 Å². The van der Waals surface area contributed by atoms with Crippen molar-refractivity contribution in [3.63, 3.8) is 0 Å². The van der Waals surface area contributed by atoms with E-state index < -0.39 is 0 Å². The van der Waals surface area contributed by atoms with Gasteiger partial charge in [-0.05, 0) is 64.0 Å². The second kappa shape index (κ2) is 8.38. The summed E-state index contributed by atoms with van der Waals surface area (Å²) in [4.78, 5) is 2.63. The molecule has 0 bridgehead atoms. The maximum absolute atomic E-state index is 4.02. The van der Waals surface area contributed by atoms with Gasteiger partial charge in [0.15, 0.2) is 0 Å². The fraction of sp³-hybridized carbons (Fsp3) is 1.00. The molecule has 1 N–H and O–H groups in total.